The Morgan fingerprint density at radius 1 is 1.09 bits per heavy atom. The van der Waals surface area contributed by atoms with Crippen molar-refractivity contribution in [2.75, 3.05) is 12.9 Å². The van der Waals surface area contributed by atoms with Gasteiger partial charge in [-0.2, -0.15) is 0 Å². The van der Waals surface area contributed by atoms with Gasteiger partial charge in [0.05, 0.1) is 12.9 Å². The normalized spacial score (nSPS) is 13.4. The summed E-state index contributed by atoms with van der Waals surface area (Å²) in [5.74, 6) is 0.00237. The lowest BCUT2D eigenvalue weighted by molar-refractivity contribution is 0.0981. The molecule has 0 bridgehead atoms. The van der Waals surface area contributed by atoms with Crippen molar-refractivity contribution in [2.24, 2.45) is 5.92 Å². The second kappa shape index (κ2) is 9.58. The summed E-state index contributed by atoms with van der Waals surface area (Å²) < 4.78 is 50.6. The van der Waals surface area contributed by atoms with Crippen molar-refractivity contribution in [1.82, 2.24) is 9.71 Å². The van der Waals surface area contributed by atoms with E-state index in [2.05, 4.69) is 4.98 Å². The van der Waals surface area contributed by atoms with E-state index in [-0.39, 0.29) is 17.9 Å². The number of pyridine rings is 1. The molecule has 0 aliphatic heterocycles. The largest absolute Gasteiger partial charge is 0.486 e. The van der Waals surface area contributed by atoms with Crippen LogP contribution >= 0.6 is 0 Å². The van der Waals surface area contributed by atoms with Gasteiger partial charge >= 0.3 is 0 Å². The van der Waals surface area contributed by atoms with Crippen LogP contribution in [0, 0.1) is 11.7 Å². The third-order valence-corrected chi connectivity index (χ3v) is 5.62. The van der Waals surface area contributed by atoms with Gasteiger partial charge in [0, 0.05) is 29.0 Å². The van der Waals surface area contributed by atoms with Crippen molar-refractivity contribution in [1.29, 1.82) is 0 Å². The lowest BCUT2D eigenvalue weighted by Crippen LogP contribution is -2.29. The molecule has 1 N–H and O–H groups in total. The summed E-state index contributed by atoms with van der Waals surface area (Å²) >= 11 is 0. The summed E-state index contributed by atoms with van der Waals surface area (Å²) in [6.45, 7) is 0.730. The van der Waals surface area contributed by atoms with Gasteiger partial charge in [-0.25, -0.2) is 22.5 Å². The molecule has 1 aliphatic rings. The number of benzene rings is 2. The zero-order chi connectivity index (χ0) is 23.4. The predicted octanol–water partition coefficient (Wildman–Crippen LogP) is 3.94. The molecular weight excluding hydrogens is 447 g/mol. The summed E-state index contributed by atoms with van der Waals surface area (Å²) in [5, 5.41) is 0. The van der Waals surface area contributed by atoms with Gasteiger partial charge in [0.1, 0.15) is 6.61 Å². The van der Waals surface area contributed by atoms with Gasteiger partial charge < -0.3 is 9.47 Å². The van der Waals surface area contributed by atoms with Crippen molar-refractivity contribution in [3.63, 3.8) is 0 Å². The van der Waals surface area contributed by atoms with Crippen LogP contribution in [0.3, 0.4) is 0 Å². The number of nitrogens with one attached hydrogen (secondary N) is 1. The third kappa shape index (κ3) is 6.29. The second-order valence-electron chi connectivity index (χ2n) is 7.95. The van der Waals surface area contributed by atoms with Crippen molar-refractivity contribution in [3.8, 4) is 22.8 Å². The summed E-state index contributed by atoms with van der Waals surface area (Å²) in [5.41, 5.74) is 1.85. The maximum absolute atomic E-state index is 15.1. The molecule has 0 saturated heterocycles. The number of hydrogen-bond donors (Lipinski definition) is 1. The van der Waals surface area contributed by atoms with E-state index in [4.69, 9.17) is 9.47 Å². The Bertz CT molecular complexity index is 1240. The van der Waals surface area contributed by atoms with Crippen LogP contribution in [0.5, 0.6) is 11.6 Å². The van der Waals surface area contributed by atoms with Gasteiger partial charge in [-0.1, -0.05) is 24.3 Å². The number of amides is 1. The molecule has 3 aromatic rings. The SMILES string of the molecule is CS(=O)(=O)NC(=O)c1ccc(COc2cccc(-c3ccc(OCC4CC4)nc3)c2F)cc1. The average Bonchev–Trinajstić information content (AvgIpc) is 3.61. The maximum Gasteiger partial charge on any atom is 0.264 e. The van der Waals surface area contributed by atoms with E-state index in [1.807, 2.05) is 4.72 Å². The van der Waals surface area contributed by atoms with E-state index in [1.54, 1.807) is 42.6 Å². The molecule has 0 radical (unpaired) electrons. The Hall–Kier alpha value is -3.46. The number of hydrogen-bond acceptors (Lipinski definition) is 6. The zero-order valence-corrected chi connectivity index (χ0v) is 18.8. The standard InChI is InChI=1S/C24H23FN2O5S/c1-33(29,30)27-24(28)18-9-7-17(8-10-18)14-31-21-4-2-3-20(23(21)25)19-11-12-22(26-13-19)32-15-16-5-6-16/h2-4,7-13,16H,5-6,14-15H2,1H3,(H,27,28). The van der Waals surface area contributed by atoms with Crippen LogP contribution in [0.4, 0.5) is 4.39 Å². The molecule has 0 atom stereocenters. The van der Waals surface area contributed by atoms with Crippen molar-refractivity contribution in [2.45, 2.75) is 19.4 Å². The molecule has 0 spiro atoms. The smallest absolute Gasteiger partial charge is 0.264 e. The number of halogens is 1. The number of ether oxygens (including phenoxy) is 2. The lowest BCUT2D eigenvalue weighted by Gasteiger charge is -2.11. The molecule has 2 aromatic carbocycles. The van der Waals surface area contributed by atoms with Crippen molar-refractivity contribution in [3.05, 3.63) is 77.7 Å². The molecule has 1 aliphatic carbocycles. The number of carbonyl (C=O) groups is 1. The van der Waals surface area contributed by atoms with E-state index in [0.29, 0.717) is 35.1 Å². The van der Waals surface area contributed by atoms with Crippen LogP contribution in [-0.4, -0.2) is 32.2 Å². The first-order valence-corrected chi connectivity index (χ1v) is 12.3. The van der Waals surface area contributed by atoms with E-state index < -0.39 is 21.7 Å². The van der Waals surface area contributed by atoms with Gasteiger partial charge in [0.2, 0.25) is 15.9 Å². The van der Waals surface area contributed by atoms with Gasteiger partial charge in [-0.3, -0.25) is 4.79 Å². The maximum atomic E-state index is 15.1. The van der Waals surface area contributed by atoms with E-state index in [0.717, 1.165) is 6.26 Å². The quantitative estimate of drug-likeness (QED) is 0.509. The van der Waals surface area contributed by atoms with Crippen LogP contribution in [0.25, 0.3) is 11.1 Å². The Morgan fingerprint density at radius 3 is 2.48 bits per heavy atom. The molecule has 1 fully saturated rings. The predicted molar refractivity (Wildman–Crippen MR) is 121 cm³/mol. The van der Waals surface area contributed by atoms with Gasteiger partial charge in [0.25, 0.3) is 5.91 Å². The second-order valence-corrected chi connectivity index (χ2v) is 9.69. The molecule has 172 valence electrons. The van der Waals surface area contributed by atoms with Gasteiger partial charge in [0.15, 0.2) is 11.6 Å². The van der Waals surface area contributed by atoms with Crippen LogP contribution in [0.15, 0.2) is 60.8 Å². The summed E-state index contributed by atoms with van der Waals surface area (Å²) in [4.78, 5) is 16.1. The number of sulfonamides is 1. The summed E-state index contributed by atoms with van der Waals surface area (Å²) in [7, 11) is -3.64. The number of carbonyl (C=O) groups excluding carboxylic acids is 1. The van der Waals surface area contributed by atoms with Crippen molar-refractivity contribution < 1.29 is 27.1 Å². The minimum absolute atomic E-state index is 0.0700. The minimum atomic E-state index is -3.64. The first kappa shape index (κ1) is 22.7. The van der Waals surface area contributed by atoms with Crippen LogP contribution in [0.2, 0.25) is 0 Å². The van der Waals surface area contributed by atoms with Crippen molar-refractivity contribution >= 4 is 15.9 Å². The molecule has 0 unspecified atom stereocenters. The molecule has 1 aromatic heterocycles. The fourth-order valence-corrected chi connectivity index (χ4v) is 3.55. The highest BCUT2D eigenvalue weighted by atomic mass is 32.2. The first-order chi connectivity index (χ1) is 15.8. The Kier molecular flexibility index (Phi) is 6.60. The average molecular weight is 471 g/mol. The molecule has 1 heterocycles. The topological polar surface area (TPSA) is 94.6 Å². The van der Waals surface area contributed by atoms with Gasteiger partial charge in [-0.15, -0.1) is 0 Å². The van der Waals surface area contributed by atoms with E-state index in [9.17, 15) is 13.2 Å². The Balaban J connectivity index is 1.40. The fraction of sp³-hybridized carbons (Fsp3) is 0.250. The molecule has 7 nitrogen and oxygen atoms in total. The molecular formula is C24H23FN2O5S. The van der Waals surface area contributed by atoms with Crippen LogP contribution < -0.4 is 14.2 Å². The zero-order valence-electron chi connectivity index (χ0n) is 18.0. The molecule has 1 amide bonds. The highest BCUT2D eigenvalue weighted by Gasteiger charge is 2.22. The van der Waals surface area contributed by atoms with Gasteiger partial charge in [-0.05, 0) is 48.6 Å². The molecule has 9 heteroatoms. The molecule has 4 rings (SSSR count). The summed E-state index contributed by atoms with van der Waals surface area (Å²) in [6, 6.07) is 14.6. The van der Waals surface area contributed by atoms with Crippen LogP contribution in [0.1, 0.15) is 28.8 Å². The lowest BCUT2D eigenvalue weighted by atomic mass is 10.1. The fourth-order valence-electron chi connectivity index (χ4n) is 3.10. The van der Waals surface area contributed by atoms with Crippen LogP contribution in [-0.2, 0) is 16.6 Å². The minimum Gasteiger partial charge on any atom is -0.486 e. The number of nitrogens with zero attached hydrogens (tertiary/aromatic N) is 1. The van der Waals surface area contributed by atoms with E-state index >= 15 is 4.39 Å². The third-order valence-electron chi connectivity index (χ3n) is 5.06. The highest BCUT2D eigenvalue weighted by Crippen LogP contribution is 2.31. The van der Waals surface area contributed by atoms with E-state index in [1.165, 1.54) is 31.0 Å². The molecule has 1 saturated carbocycles. The summed E-state index contributed by atoms with van der Waals surface area (Å²) in [6.07, 6.45) is 4.87. The number of aromatic nitrogens is 1. The number of rotatable bonds is 9. The molecule has 33 heavy (non-hydrogen) atoms. The monoisotopic (exact) mass is 470 g/mol. The Morgan fingerprint density at radius 2 is 1.85 bits per heavy atom. The highest BCUT2D eigenvalue weighted by molar-refractivity contribution is 7.89. The first-order valence-electron chi connectivity index (χ1n) is 10.4. The Labute approximate surface area is 191 Å².